The second kappa shape index (κ2) is 4.20. The Balaban J connectivity index is 2.64. The third-order valence-electron chi connectivity index (χ3n) is 2.89. The lowest BCUT2D eigenvalue weighted by atomic mass is 10.1. The molecule has 1 aromatic carbocycles. The average molecular weight is 233 g/mol. The first-order valence-corrected chi connectivity index (χ1v) is 5.63. The van der Waals surface area contributed by atoms with Gasteiger partial charge in [0.2, 0.25) is 0 Å². The first-order valence-electron chi connectivity index (χ1n) is 5.63. The molecule has 0 amide bonds. The van der Waals surface area contributed by atoms with Crippen LogP contribution in [0.3, 0.4) is 0 Å². The van der Waals surface area contributed by atoms with Crippen molar-refractivity contribution in [1.29, 1.82) is 0 Å². The molecule has 2 rings (SSSR count). The van der Waals surface area contributed by atoms with Gasteiger partial charge in [-0.15, -0.1) is 0 Å². The normalized spacial score (nSPS) is 10.8. The van der Waals surface area contributed by atoms with Gasteiger partial charge in [0.15, 0.2) is 0 Å². The Hall–Kier alpha value is -1.84. The third kappa shape index (κ3) is 1.90. The van der Waals surface area contributed by atoms with Crippen LogP contribution in [0.4, 0.5) is 10.2 Å². The molecule has 0 aliphatic carbocycles. The summed E-state index contributed by atoms with van der Waals surface area (Å²) < 4.78 is 15.6. The minimum Gasteiger partial charge on any atom is -0.383 e. The number of imidazole rings is 1. The zero-order chi connectivity index (χ0) is 12.6. The number of hydrogen-bond donors (Lipinski definition) is 1. The number of nitrogens with zero attached hydrogens (tertiary/aromatic N) is 2. The van der Waals surface area contributed by atoms with E-state index in [1.807, 2.05) is 25.3 Å². The van der Waals surface area contributed by atoms with Crippen molar-refractivity contribution in [3.8, 4) is 11.3 Å². The molecular formula is C13H16FN3. The van der Waals surface area contributed by atoms with E-state index >= 15 is 0 Å². The van der Waals surface area contributed by atoms with E-state index < -0.39 is 0 Å². The molecule has 4 heteroatoms. The van der Waals surface area contributed by atoms with Crippen molar-refractivity contribution in [3.05, 3.63) is 35.4 Å². The van der Waals surface area contributed by atoms with Crippen molar-refractivity contribution < 1.29 is 4.39 Å². The van der Waals surface area contributed by atoms with Crippen LogP contribution in [0.25, 0.3) is 11.3 Å². The van der Waals surface area contributed by atoms with E-state index in [-0.39, 0.29) is 5.82 Å². The standard InChI is InChI=1S/C13H16FN3/c1-4-17-9(3)16-12(13(17)15)10-7-8(2)5-6-11(10)14/h5-7H,4,15H2,1-3H3. The highest BCUT2D eigenvalue weighted by Crippen LogP contribution is 2.29. The largest absolute Gasteiger partial charge is 0.383 e. The van der Waals surface area contributed by atoms with Crippen LogP contribution in [0.2, 0.25) is 0 Å². The number of nitrogens with two attached hydrogens (primary N) is 1. The van der Waals surface area contributed by atoms with Crippen molar-refractivity contribution in [2.24, 2.45) is 0 Å². The molecule has 0 aliphatic rings. The quantitative estimate of drug-likeness (QED) is 0.866. The molecule has 0 radical (unpaired) electrons. The molecular weight excluding hydrogens is 217 g/mol. The molecule has 0 aliphatic heterocycles. The van der Waals surface area contributed by atoms with E-state index in [0.717, 1.165) is 17.9 Å². The summed E-state index contributed by atoms with van der Waals surface area (Å²) in [5, 5.41) is 0. The lowest BCUT2D eigenvalue weighted by molar-refractivity contribution is 0.630. The van der Waals surface area contributed by atoms with Gasteiger partial charge in [-0.05, 0) is 32.9 Å². The van der Waals surface area contributed by atoms with Crippen LogP contribution in [0.15, 0.2) is 18.2 Å². The highest BCUT2D eigenvalue weighted by Gasteiger charge is 2.15. The van der Waals surface area contributed by atoms with E-state index in [1.165, 1.54) is 6.07 Å². The Morgan fingerprint density at radius 1 is 1.35 bits per heavy atom. The molecule has 90 valence electrons. The van der Waals surface area contributed by atoms with Gasteiger partial charge in [-0.3, -0.25) is 0 Å². The van der Waals surface area contributed by atoms with E-state index in [9.17, 15) is 4.39 Å². The fourth-order valence-electron chi connectivity index (χ4n) is 2.00. The predicted molar refractivity (Wildman–Crippen MR) is 67.2 cm³/mol. The number of aromatic nitrogens is 2. The van der Waals surface area contributed by atoms with Gasteiger partial charge >= 0.3 is 0 Å². The number of aryl methyl sites for hydroxylation is 2. The Bertz CT molecular complexity index is 558. The SMILES string of the molecule is CCn1c(C)nc(-c2cc(C)ccc2F)c1N. The van der Waals surface area contributed by atoms with Crippen LogP contribution in [-0.2, 0) is 6.54 Å². The Morgan fingerprint density at radius 3 is 2.65 bits per heavy atom. The van der Waals surface area contributed by atoms with Gasteiger partial charge in [0, 0.05) is 12.1 Å². The smallest absolute Gasteiger partial charge is 0.132 e. The number of anilines is 1. The molecule has 0 atom stereocenters. The summed E-state index contributed by atoms with van der Waals surface area (Å²) in [6, 6.07) is 4.95. The van der Waals surface area contributed by atoms with Crippen molar-refractivity contribution in [2.75, 3.05) is 5.73 Å². The number of benzene rings is 1. The van der Waals surface area contributed by atoms with Crippen LogP contribution >= 0.6 is 0 Å². The molecule has 17 heavy (non-hydrogen) atoms. The van der Waals surface area contributed by atoms with Gasteiger partial charge < -0.3 is 10.3 Å². The molecule has 1 aromatic heterocycles. The topological polar surface area (TPSA) is 43.8 Å². The Morgan fingerprint density at radius 2 is 2.06 bits per heavy atom. The van der Waals surface area contributed by atoms with Crippen LogP contribution < -0.4 is 5.73 Å². The predicted octanol–water partition coefficient (Wildman–Crippen LogP) is 2.91. The van der Waals surface area contributed by atoms with Crippen LogP contribution in [0, 0.1) is 19.7 Å². The lowest BCUT2D eigenvalue weighted by Crippen LogP contribution is -2.02. The van der Waals surface area contributed by atoms with E-state index in [4.69, 9.17) is 5.73 Å². The minimum absolute atomic E-state index is 0.289. The maximum Gasteiger partial charge on any atom is 0.132 e. The van der Waals surface area contributed by atoms with Gasteiger partial charge in [0.05, 0.1) is 0 Å². The van der Waals surface area contributed by atoms with E-state index in [2.05, 4.69) is 4.98 Å². The molecule has 0 unspecified atom stereocenters. The molecule has 0 saturated heterocycles. The lowest BCUT2D eigenvalue weighted by Gasteiger charge is -2.05. The Kier molecular flexibility index (Phi) is 2.88. The fourth-order valence-corrected chi connectivity index (χ4v) is 2.00. The van der Waals surface area contributed by atoms with Crippen molar-refractivity contribution >= 4 is 5.82 Å². The first-order chi connectivity index (χ1) is 8.04. The summed E-state index contributed by atoms with van der Waals surface area (Å²) in [5.74, 6) is 1.04. The number of nitrogen functional groups attached to an aromatic ring is 1. The summed E-state index contributed by atoms with van der Waals surface area (Å²) in [7, 11) is 0. The number of rotatable bonds is 2. The first kappa shape index (κ1) is 11.6. The minimum atomic E-state index is -0.289. The summed E-state index contributed by atoms with van der Waals surface area (Å²) in [6.45, 7) is 6.51. The molecule has 3 nitrogen and oxygen atoms in total. The Labute approximate surface area is 100 Å². The zero-order valence-corrected chi connectivity index (χ0v) is 10.3. The molecule has 0 fully saturated rings. The zero-order valence-electron chi connectivity index (χ0n) is 10.3. The summed E-state index contributed by atoms with van der Waals surface area (Å²) in [4.78, 5) is 4.35. The summed E-state index contributed by atoms with van der Waals surface area (Å²) >= 11 is 0. The van der Waals surface area contributed by atoms with Crippen LogP contribution in [0.1, 0.15) is 18.3 Å². The molecule has 2 aromatic rings. The van der Waals surface area contributed by atoms with E-state index in [1.54, 1.807) is 12.1 Å². The second-order valence-corrected chi connectivity index (χ2v) is 4.12. The van der Waals surface area contributed by atoms with Gasteiger partial charge in [-0.2, -0.15) is 0 Å². The average Bonchev–Trinajstić information content (AvgIpc) is 2.57. The van der Waals surface area contributed by atoms with Gasteiger partial charge in [0.1, 0.15) is 23.2 Å². The summed E-state index contributed by atoms with van der Waals surface area (Å²) in [5.41, 5.74) is 7.99. The second-order valence-electron chi connectivity index (χ2n) is 4.12. The third-order valence-corrected chi connectivity index (χ3v) is 2.89. The fraction of sp³-hybridized carbons (Fsp3) is 0.308. The van der Waals surface area contributed by atoms with Gasteiger partial charge in [-0.25, -0.2) is 9.37 Å². The van der Waals surface area contributed by atoms with Gasteiger partial charge in [0.25, 0.3) is 0 Å². The highest BCUT2D eigenvalue weighted by atomic mass is 19.1. The number of hydrogen-bond acceptors (Lipinski definition) is 2. The molecule has 0 bridgehead atoms. The molecule has 1 heterocycles. The van der Waals surface area contributed by atoms with Crippen molar-refractivity contribution in [3.63, 3.8) is 0 Å². The molecule has 0 spiro atoms. The van der Waals surface area contributed by atoms with Crippen molar-refractivity contribution in [1.82, 2.24) is 9.55 Å². The summed E-state index contributed by atoms with van der Waals surface area (Å²) in [6.07, 6.45) is 0. The van der Waals surface area contributed by atoms with E-state index in [0.29, 0.717) is 17.1 Å². The maximum atomic E-state index is 13.8. The monoisotopic (exact) mass is 233 g/mol. The molecule has 2 N–H and O–H groups in total. The number of halogens is 1. The van der Waals surface area contributed by atoms with Gasteiger partial charge in [-0.1, -0.05) is 11.6 Å². The molecule has 0 saturated carbocycles. The highest BCUT2D eigenvalue weighted by molar-refractivity contribution is 5.72. The maximum absolute atomic E-state index is 13.8. The van der Waals surface area contributed by atoms with Crippen molar-refractivity contribution in [2.45, 2.75) is 27.3 Å². The van der Waals surface area contributed by atoms with Crippen LogP contribution in [0.5, 0.6) is 0 Å². The van der Waals surface area contributed by atoms with Crippen LogP contribution in [-0.4, -0.2) is 9.55 Å².